The summed E-state index contributed by atoms with van der Waals surface area (Å²) in [5.41, 5.74) is 2.25. The van der Waals surface area contributed by atoms with Crippen molar-refractivity contribution in [2.45, 2.75) is 75.8 Å². The number of carbonyl (C=O) groups excluding carboxylic acids is 1. The lowest BCUT2D eigenvalue weighted by atomic mass is 9.68. The minimum atomic E-state index is -0.270. The zero-order valence-corrected chi connectivity index (χ0v) is 14.9. The molecule has 1 N–H and O–H groups in total. The number of amides is 1. The summed E-state index contributed by atoms with van der Waals surface area (Å²) < 4.78 is 0. The van der Waals surface area contributed by atoms with Crippen LogP contribution in [-0.2, 0) is 10.2 Å². The molecule has 2 unspecified atom stereocenters. The van der Waals surface area contributed by atoms with Crippen LogP contribution in [0.15, 0.2) is 24.3 Å². The normalized spacial score (nSPS) is 29.3. The number of hydrogen-bond acceptors (Lipinski definition) is 2. The van der Waals surface area contributed by atoms with Crippen molar-refractivity contribution >= 4 is 5.91 Å². The van der Waals surface area contributed by atoms with E-state index in [-0.39, 0.29) is 5.41 Å². The third-order valence-corrected chi connectivity index (χ3v) is 6.50. The number of carbonyl (C=O) groups is 1. The molecule has 0 radical (unpaired) electrons. The molecule has 130 valence electrons. The van der Waals surface area contributed by atoms with Crippen LogP contribution in [0.2, 0.25) is 0 Å². The first kappa shape index (κ1) is 16.1. The van der Waals surface area contributed by atoms with Crippen molar-refractivity contribution in [3.8, 4) is 0 Å². The molecular formula is C21H30N2O. The molecule has 2 heterocycles. The minimum absolute atomic E-state index is 0.270. The number of nitrogens with one attached hydrogen (secondary N) is 1. The van der Waals surface area contributed by atoms with Crippen LogP contribution in [-0.4, -0.2) is 36.0 Å². The molecule has 3 aliphatic rings. The second-order valence-corrected chi connectivity index (χ2v) is 8.19. The highest BCUT2D eigenvalue weighted by atomic mass is 16.2. The van der Waals surface area contributed by atoms with E-state index >= 15 is 0 Å². The summed E-state index contributed by atoms with van der Waals surface area (Å²) in [6.45, 7) is 3.97. The lowest BCUT2D eigenvalue weighted by molar-refractivity contribution is -0.139. The Morgan fingerprint density at radius 1 is 1.12 bits per heavy atom. The summed E-state index contributed by atoms with van der Waals surface area (Å²) in [6, 6.07) is 9.86. The topological polar surface area (TPSA) is 32.3 Å². The van der Waals surface area contributed by atoms with Gasteiger partial charge in [0.15, 0.2) is 0 Å². The van der Waals surface area contributed by atoms with Crippen molar-refractivity contribution in [3.63, 3.8) is 0 Å². The van der Waals surface area contributed by atoms with Crippen LogP contribution in [0.4, 0.5) is 0 Å². The van der Waals surface area contributed by atoms with Gasteiger partial charge < -0.3 is 10.2 Å². The van der Waals surface area contributed by atoms with Gasteiger partial charge in [-0.05, 0) is 44.6 Å². The molecule has 0 aromatic heterocycles. The maximum atomic E-state index is 13.7. The fourth-order valence-electron chi connectivity index (χ4n) is 5.15. The highest BCUT2D eigenvalue weighted by molar-refractivity contribution is 5.88. The summed E-state index contributed by atoms with van der Waals surface area (Å²) in [5, 5.41) is 3.71. The summed E-state index contributed by atoms with van der Waals surface area (Å²) in [4.78, 5) is 15.9. The zero-order chi connectivity index (χ0) is 16.6. The Morgan fingerprint density at radius 2 is 1.92 bits per heavy atom. The number of benzene rings is 1. The van der Waals surface area contributed by atoms with Crippen LogP contribution >= 0.6 is 0 Å². The molecule has 24 heavy (non-hydrogen) atoms. The van der Waals surface area contributed by atoms with Crippen molar-refractivity contribution < 1.29 is 4.79 Å². The molecule has 0 spiro atoms. The van der Waals surface area contributed by atoms with E-state index in [0.29, 0.717) is 18.0 Å². The Hall–Kier alpha value is -1.35. The summed E-state index contributed by atoms with van der Waals surface area (Å²) in [7, 11) is 0. The number of aryl methyl sites for hydroxylation is 1. The van der Waals surface area contributed by atoms with Gasteiger partial charge in [0.05, 0.1) is 5.41 Å². The smallest absolute Gasteiger partial charge is 0.233 e. The SMILES string of the molecule is Cc1cccc(C2(C(=O)N3CCC4CCC(C3)N4)CCCCC2)c1. The molecule has 1 amide bonds. The van der Waals surface area contributed by atoms with Gasteiger partial charge in [0.1, 0.15) is 0 Å². The molecule has 3 fully saturated rings. The zero-order valence-electron chi connectivity index (χ0n) is 14.9. The average molecular weight is 326 g/mol. The predicted molar refractivity (Wildman–Crippen MR) is 97.1 cm³/mol. The van der Waals surface area contributed by atoms with Gasteiger partial charge in [0, 0.05) is 25.2 Å². The largest absolute Gasteiger partial charge is 0.340 e. The van der Waals surface area contributed by atoms with Gasteiger partial charge in [-0.15, -0.1) is 0 Å². The number of likely N-dealkylation sites (tertiary alicyclic amines) is 1. The Morgan fingerprint density at radius 3 is 2.71 bits per heavy atom. The van der Waals surface area contributed by atoms with Crippen molar-refractivity contribution in [3.05, 3.63) is 35.4 Å². The van der Waals surface area contributed by atoms with Crippen molar-refractivity contribution in [1.82, 2.24) is 10.2 Å². The van der Waals surface area contributed by atoms with Crippen LogP contribution in [0.25, 0.3) is 0 Å². The molecule has 2 bridgehead atoms. The van der Waals surface area contributed by atoms with E-state index in [0.717, 1.165) is 32.4 Å². The molecule has 1 aliphatic carbocycles. The fourth-order valence-corrected chi connectivity index (χ4v) is 5.15. The maximum absolute atomic E-state index is 13.7. The molecule has 1 aromatic rings. The van der Waals surface area contributed by atoms with E-state index in [2.05, 4.69) is 41.4 Å². The number of fused-ring (bicyclic) bond motifs is 2. The quantitative estimate of drug-likeness (QED) is 0.901. The van der Waals surface area contributed by atoms with E-state index in [4.69, 9.17) is 0 Å². The molecule has 2 aliphatic heterocycles. The second-order valence-electron chi connectivity index (χ2n) is 8.19. The predicted octanol–water partition coefficient (Wildman–Crippen LogP) is 3.55. The van der Waals surface area contributed by atoms with Crippen LogP contribution in [0.3, 0.4) is 0 Å². The molecule has 3 nitrogen and oxygen atoms in total. The summed E-state index contributed by atoms with van der Waals surface area (Å²) in [6.07, 6.45) is 9.30. The van der Waals surface area contributed by atoms with Gasteiger partial charge in [-0.2, -0.15) is 0 Å². The number of rotatable bonds is 2. The summed E-state index contributed by atoms with van der Waals surface area (Å²) >= 11 is 0. The minimum Gasteiger partial charge on any atom is -0.340 e. The lowest BCUT2D eigenvalue weighted by Crippen LogP contribution is -2.50. The molecule has 4 rings (SSSR count). The molecule has 1 saturated carbocycles. The Kier molecular flexibility index (Phi) is 4.38. The standard InChI is InChI=1S/C21H30N2O/c1-16-6-5-7-17(14-16)21(11-3-2-4-12-21)20(24)23-13-10-18-8-9-19(15-23)22-18/h5-7,14,18-19,22H,2-4,8-13,15H2,1H3. The van der Waals surface area contributed by atoms with Crippen molar-refractivity contribution in [2.24, 2.45) is 0 Å². The monoisotopic (exact) mass is 326 g/mol. The fraction of sp³-hybridized carbons (Fsp3) is 0.667. The Labute approximate surface area is 145 Å². The van der Waals surface area contributed by atoms with Gasteiger partial charge in [-0.1, -0.05) is 49.1 Å². The van der Waals surface area contributed by atoms with Gasteiger partial charge in [0.25, 0.3) is 0 Å². The highest BCUT2D eigenvalue weighted by Crippen LogP contribution is 2.42. The maximum Gasteiger partial charge on any atom is 0.233 e. The third-order valence-electron chi connectivity index (χ3n) is 6.50. The first-order chi connectivity index (χ1) is 11.7. The van der Waals surface area contributed by atoms with Crippen LogP contribution in [0.5, 0.6) is 0 Å². The summed E-state index contributed by atoms with van der Waals surface area (Å²) in [5.74, 6) is 0.405. The van der Waals surface area contributed by atoms with Gasteiger partial charge in [-0.3, -0.25) is 4.79 Å². The number of hydrogen-bond donors (Lipinski definition) is 1. The molecule has 2 atom stereocenters. The van der Waals surface area contributed by atoms with E-state index in [1.165, 1.54) is 43.2 Å². The van der Waals surface area contributed by atoms with Gasteiger partial charge in [-0.25, -0.2) is 0 Å². The van der Waals surface area contributed by atoms with E-state index in [1.807, 2.05) is 0 Å². The van der Waals surface area contributed by atoms with Crippen LogP contribution < -0.4 is 5.32 Å². The van der Waals surface area contributed by atoms with Gasteiger partial charge >= 0.3 is 0 Å². The van der Waals surface area contributed by atoms with E-state index < -0.39 is 0 Å². The number of nitrogens with zero attached hydrogens (tertiary/aromatic N) is 1. The van der Waals surface area contributed by atoms with Gasteiger partial charge in [0.2, 0.25) is 5.91 Å². The second kappa shape index (κ2) is 6.51. The van der Waals surface area contributed by atoms with Crippen LogP contribution in [0.1, 0.15) is 62.5 Å². The average Bonchev–Trinajstić information content (AvgIpc) is 2.94. The molecule has 2 saturated heterocycles. The highest BCUT2D eigenvalue weighted by Gasteiger charge is 2.45. The van der Waals surface area contributed by atoms with E-state index in [9.17, 15) is 4.79 Å². The first-order valence-corrected chi connectivity index (χ1v) is 9.80. The van der Waals surface area contributed by atoms with Crippen molar-refractivity contribution in [1.29, 1.82) is 0 Å². The first-order valence-electron chi connectivity index (χ1n) is 9.80. The molecule has 1 aromatic carbocycles. The van der Waals surface area contributed by atoms with E-state index in [1.54, 1.807) is 0 Å². The molecule has 3 heteroatoms. The lowest BCUT2D eigenvalue weighted by Gasteiger charge is -2.41. The third kappa shape index (κ3) is 2.88. The Balaban J connectivity index is 1.64. The molecular weight excluding hydrogens is 296 g/mol. The van der Waals surface area contributed by atoms with Crippen LogP contribution in [0, 0.1) is 6.92 Å². The Bertz CT molecular complexity index is 606. The van der Waals surface area contributed by atoms with Crippen molar-refractivity contribution in [2.75, 3.05) is 13.1 Å².